The van der Waals surface area contributed by atoms with Gasteiger partial charge in [-0.25, -0.2) is 0 Å². The number of nitrogens with one attached hydrogen (secondary N) is 1. The SMILES string of the molecule is NCC1(C(=O)NCCn2ccnn2)CCCCCC1. The molecule has 106 valence electrons. The van der Waals surface area contributed by atoms with Gasteiger partial charge in [0.15, 0.2) is 0 Å². The molecule has 0 aromatic carbocycles. The second-order valence-corrected chi connectivity index (χ2v) is 5.32. The van der Waals surface area contributed by atoms with Crippen LogP contribution in [0.1, 0.15) is 38.5 Å². The van der Waals surface area contributed by atoms with Crippen molar-refractivity contribution in [1.29, 1.82) is 0 Å². The molecule has 1 aromatic heterocycles. The Morgan fingerprint density at radius 2 is 2.05 bits per heavy atom. The third-order valence-electron chi connectivity index (χ3n) is 4.03. The molecule has 1 aliphatic carbocycles. The molecule has 1 amide bonds. The van der Waals surface area contributed by atoms with Gasteiger partial charge in [-0.05, 0) is 12.8 Å². The average Bonchev–Trinajstić information content (AvgIpc) is 2.82. The lowest BCUT2D eigenvalue weighted by Crippen LogP contribution is -2.46. The molecule has 1 fully saturated rings. The average molecular weight is 265 g/mol. The molecule has 1 aliphatic rings. The highest BCUT2D eigenvalue weighted by Crippen LogP contribution is 2.34. The summed E-state index contributed by atoms with van der Waals surface area (Å²) >= 11 is 0. The summed E-state index contributed by atoms with van der Waals surface area (Å²) in [6.45, 7) is 1.67. The van der Waals surface area contributed by atoms with Crippen LogP contribution in [-0.4, -0.2) is 34.0 Å². The van der Waals surface area contributed by atoms with Crippen molar-refractivity contribution >= 4 is 5.91 Å². The highest BCUT2D eigenvalue weighted by Gasteiger charge is 2.36. The molecular formula is C13H23N5O. The summed E-state index contributed by atoms with van der Waals surface area (Å²) in [5, 5.41) is 10.6. The molecule has 0 saturated heterocycles. The number of carbonyl (C=O) groups is 1. The van der Waals surface area contributed by atoms with Crippen molar-refractivity contribution in [2.75, 3.05) is 13.1 Å². The Labute approximate surface area is 113 Å². The first-order valence-electron chi connectivity index (χ1n) is 7.09. The summed E-state index contributed by atoms with van der Waals surface area (Å²) in [6, 6.07) is 0. The lowest BCUT2D eigenvalue weighted by atomic mass is 9.79. The van der Waals surface area contributed by atoms with Gasteiger partial charge in [0.2, 0.25) is 5.91 Å². The Balaban J connectivity index is 1.85. The van der Waals surface area contributed by atoms with E-state index < -0.39 is 0 Å². The lowest BCUT2D eigenvalue weighted by molar-refractivity contribution is -0.131. The van der Waals surface area contributed by atoms with Crippen LogP contribution < -0.4 is 11.1 Å². The number of aromatic nitrogens is 3. The highest BCUT2D eigenvalue weighted by atomic mass is 16.2. The quantitative estimate of drug-likeness (QED) is 0.767. The molecule has 1 aromatic rings. The topological polar surface area (TPSA) is 85.8 Å². The second kappa shape index (κ2) is 6.65. The van der Waals surface area contributed by atoms with Gasteiger partial charge in [-0.1, -0.05) is 30.9 Å². The number of nitrogens with two attached hydrogens (primary N) is 1. The van der Waals surface area contributed by atoms with Crippen LogP contribution in [0, 0.1) is 5.41 Å². The van der Waals surface area contributed by atoms with Gasteiger partial charge in [0.05, 0.1) is 18.2 Å². The smallest absolute Gasteiger partial charge is 0.227 e. The van der Waals surface area contributed by atoms with E-state index in [1.54, 1.807) is 17.1 Å². The van der Waals surface area contributed by atoms with E-state index in [0.29, 0.717) is 19.6 Å². The van der Waals surface area contributed by atoms with Crippen molar-refractivity contribution < 1.29 is 4.79 Å². The van der Waals surface area contributed by atoms with E-state index >= 15 is 0 Å². The third-order valence-corrected chi connectivity index (χ3v) is 4.03. The molecule has 6 nitrogen and oxygen atoms in total. The zero-order chi connectivity index (χ0) is 13.6. The van der Waals surface area contributed by atoms with Crippen LogP contribution in [0.4, 0.5) is 0 Å². The van der Waals surface area contributed by atoms with Crippen molar-refractivity contribution in [1.82, 2.24) is 20.3 Å². The van der Waals surface area contributed by atoms with Gasteiger partial charge < -0.3 is 11.1 Å². The highest BCUT2D eigenvalue weighted by molar-refractivity contribution is 5.82. The standard InChI is InChI=1S/C13H23N5O/c14-11-13(5-3-1-2-4-6-13)12(19)15-7-9-18-10-8-16-17-18/h8,10H,1-7,9,11,14H2,(H,15,19). The molecule has 0 atom stereocenters. The predicted molar refractivity (Wildman–Crippen MR) is 72.2 cm³/mol. The van der Waals surface area contributed by atoms with Crippen molar-refractivity contribution in [2.45, 2.75) is 45.1 Å². The number of hydrogen-bond acceptors (Lipinski definition) is 4. The Bertz CT molecular complexity index is 382. The Morgan fingerprint density at radius 1 is 1.32 bits per heavy atom. The fraction of sp³-hybridized carbons (Fsp3) is 0.769. The molecule has 1 heterocycles. The molecule has 19 heavy (non-hydrogen) atoms. The maximum Gasteiger partial charge on any atom is 0.227 e. The largest absolute Gasteiger partial charge is 0.354 e. The molecule has 0 aliphatic heterocycles. The molecule has 0 radical (unpaired) electrons. The van der Waals surface area contributed by atoms with Gasteiger partial charge in [-0.3, -0.25) is 9.48 Å². The monoisotopic (exact) mass is 265 g/mol. The fourth-order valence-electron chi connectivity index (χ4n) is 2.75. The van der Waals surface area contributed by atoms with Crippen LogP contribution in [0.15, 0.2) is 12.4 Å². The second-order valence-electron chi connectivity index (χ2n) is 5.32. The first-order chi connectivity index (χ1) is 9.27. The first kappa shape index (κ1) is 14.0. The van der Waals surface area contributed by atoms with E-state index in [-0.39, 0.29) is 11.3 Å². The van der Waals surface area contributed by atoms with Gasteiger partial charge in [-0.2, -0.15) is 0 Å². The normalized spacial score (nSPS) is 18.8. The fourth-order valence-corrected chi connectivity index (χ4v) is 2.75. The van der Waals surface area contributed by atoms with Crippen LogP contribution in [0.3, 0.4) is 0 Å². The van der Waals surface area contributed by atoms with Crippen LogP contribution in [0.2, 0.25) is 0 Å². The minimum Gasteiger partial charge on any atom is -0.354 e. The minimum absolute atomic E-state index is 0.108. The summed E-state index contributed by atoms with van der Waals surface area (Å²) in [5.41, 5.74) is 5.54. The van der Waals surface area contributed by atoms with Crippen LogP contribution in [0.5, 0.6) is 0 Å². The number of amides is 1. The Morgan fingerprint density at radius 3 is 2.63 bits per heavy atom. The van der Waals surface area contributed by atoms with Gasteiger partial charge >= 0.3 is 0 Å². The molecule has 0 spiro atoms. The van der Waals surface area contributed by atoms with Crippen LogP contribution >= 0.6 is 0 Å². The van der Waals surface area contributed by atoms with Gasteiger partial charge in [0.25, 0.3) is 0 Å². The van der Waals surface area contributed by atoms with Gasteiger partial charge in [0, 0.05) is 19.3 Å². The maximum atomic E-state index is 12.4. The number of hydrogen-bond donors (Lipinski definition) is 2. The van der Waals surface area contributed by atoms with E-state index in [1.165, 1.54) is 12.8 Å². The zero-order valence-corrected chi connectivity index (χ0v) is 11.3. The van der Waals surface area contributed by atoms with Crippen molar-refractivity contribution in [3.63, 3.8) is 0 Å². The summed E-state index contributed by atoms with van der Waals surface area (Å²) < 4.78 is 1.71. The molecule has 2 rings (SSSR count). The van der Waals surface area contributed by atoms with Gasteiger partial charge in [0.1, 0.15) is 0 Å². The Kier molecular flexibility index (Phi) is 4.90. The van der Waals surface area contributed by atoms with Crippen molar-refractivity contribution in [2.24, 2.45) is 11.1 Å². The molecule has 3 N–H and O–H groups in total. The first-order valence-corrected chi connectivity index (χ1v) is 7.09. The van der Waals surface area contributed by atoms with E-state index in [0.717, 1.165) is 25.7 Å². The predicted octanol–water partition coefficient (Wildman–Crippen LogP) is 0.694. The summed E-state index contributed by atoms with van der Waals surface area (Å²) in [5.74, 6) is 0.108. The number of carbonyl (C=O) groups excluding carboxylic acids is 1. The Hall–Kier alpha value is -1.43. The van der Waals surface area contributed by atoms with Gasteiger partial charge in [-0.15, -0.1) is 5.10 Å². The molecule has 6 heteroatoms. The summed E-state index contributed by atoms with van der Waals surface area (Å²) in [7, 11) is 0. The van der Waals surface area contributed by atoms with Crippen molar-refractivity contribution in [3.8, 4) is 0 Å². The molecule has 0 bridgehead atoms. The maximum absolute atomic E-state index is 12.4. The molecular weight excluding hydrogens is 242 g/mol. The molecule has 0 unspecified atom stereocenters. The van der Waals surface area contributed by atoms with E-state index in [2.05, 4.69) is 15.6 Å². The number of nitrogens with zero attached hydrogens (tertiary/aromatic N) is 3. The van der Waals surface area contributed by atoms with E-state index in [4.69, 9.17) is 5.73 Å². The molecule has 1 saturated carbocycles. The minimum atomic E-state index is -0.348. The summed E-state index contributed by atoms with van der Waals surface area (Å²) in [6.07, 6.45) is 9.89. The van der Waals surface area contributed by atoms with Crippen LogP contribution in [0.25, 0.3) is 0 Å². The summed E-state index contributed by atoms with van der Waals surface area (Å²) in [4.78, 5) is 12.4. The third kappa shape index (κ3) is 3.53. The van der Waals surface area contributed by atoms with E-state index in [1.807, 2.05) is 0 Å². The zero-order valence-electron chi connectivity index (χ0n) is 11.3. The number of rotatable bonds is 5. The van der Waals surface area contributed by atoms with E-state index in [9.17, 15) is 4.79 Å². The van der Waals surface area contributed by atoms with Crippen LogP contribution in [-0.2, 0) is 11.3 Å². The van der Waals surface area contributed by atoms with Crippen molar-refractivity contribution in [3.05, 3.63) is 12.4 Å². The lowest BCUT2D eigenvalue weighted by Gasteiger charge is -2.29.